The van der Waals surface area contributed by atoms with Crippen LogP contribution >= 0.6 is 23.2 Å². The molecule has 2 aliphatic heterocycles. The Balaban J connectivity index is 1.29. The molecule has 30 heavy (non-hydrogen) atoms. The van der Waals surface area contributed by atoms with Gasteiger partial charge in [-0.3, -0.25) is 14.6 Å². The van der Waals surface area contributed by atoms with E-state index in [2.05, 4.69) is 39.0 Å². The lowest BCUT2D eigenvalue weighted by atomic mass is 9.95. The third-order valence-electron chi connectivity index (χ3n) is 6.23. The highest BCUT2D eigenvalue weighted by Crippen LogP contribution is 2.28. The molecule has 0 radical (unpaired) electrons. The van der Waals surface area contributed by atoms with Gasteiger partial charge in [0.2, 0.25) is 5.91 Å². The molecule has 1 amide bonds. The first-order chi connectivity index (χ1) is 14.6. The normalized spacial score (nSPS) is 21.0. The van der Waals surface area contributed by atoms with Gasteiger partial charge in [0.1, 0.15) is 0 Å². The van der Waals surface area contributed by atoms with Crippen molar-refractivity contribution < 1.29 is 4.79 Å². The minimum atomic E-state index is 0.0701. The number of hydrogen-bond donors (Lipinski definition) is 0. The summed E-state index contributed by atoms with van der Waals surface area (Å²) in [7, 11) is 0. The van der Waals surface area contributed by atoms with Crippen LogP contribution in [-0.4, -0.2) is 59.9 Å². The van der Waals surface area contributed by atoms with E-state index in [-0.39, 0.29) is 5.92 Å². The van der Waals surface area contributed by atoms with Gasteiger partial charge in [0, 0.05) is 61.4 Å². The molecule has 4 rings (SSSR count). The van der Waals surface area contributed by atoms with E-state index in [0.717, 1.165) is 64.2 Å². The van der Waals surface area contributed by atoms with Crippen molar-refractivity contribution in [3.8, 4) is 0 Å². The van der Waals surface area contributed by atoms with E-state index < -0.39 is 0 Å². The van der Waals surface area contributed by atoms with Gasteiger partial charge in [0.15, 0.2) is 0 Å². The van der Waals surface area contributed by atoms with Crippen molar-refractivity contribution in [3.05, 3.63) is 69.7 Å². The highest BCUT2D eigenvalue weighted by atomic mass is 35.5. The summed E-state index contributed by atoms with van der Waals surface area (Å²) in [6.45, 7) is 6.93. The van der Waals surface area contributed by atoms with Crippen LogP contribution in [0.3, 0.4) is 0 Å². The van der Waals surface area contributed by atoms with E-state index in [1.54, 1.807) is 0 Å². The Hall–Kier alpha value is -1.59. The molecule has 2 aliphatic rings. The number of benzene rings is 2. The lowest BCUT2D eigenvalue weighted by Crippen LogP contribution is -2.52. The third kappa shape index (κ3) is 5.36. The quantitative estimate of drug-likeness (QED) is 0.675. The number of nitrogens with zero attached hydrogens (tertiary/aromatic N) is 3. The summed E-state index contributed by atoms with van der Waals surface area (Å²) in [6.07, 6.45) is 2.00. The number of carbonyl (C=O) groups is 1. The molecule has 0 spiro atoms. The molecule has 2 heterocycles. The number of carbonyl (C=O) groups excluding carboxylic acids is 1. The number of piperazine rings is 1. The smallest absolute Gasteiger partial charge is 0.227 e. The van der Waals surface area contributed by atoms with Crippen molar-refractivity contribution in [3.63, 3.8) is 0 Å². The first kappa shape index (κ1) is 21.6. The van der Waals surface area contributed by atoms with E-state index in [4.69, 9.17) is 23.2 Å². The van der Waals surface area contributed by atoms with E-state index in [9.17, 15) is 4.79 Å². The van der Waals surface area contributed by atoms with Crippen molar-refractivity contribution in [2.75, 3.05) is 39.3 Å². The SMILES string of the molecule is O=C([C@H]1CCCN(Cc2c(Cl)cccc2Cl)C1)N1CCN(Cc2ccccc2)CC1. The predicted octanol–water partition coefficient (Wildman–Crippen LogP) is 4.55. The fourth-order valence-corrected chi connectivity index (χ4v) is 5.05. The van der Waals surface area contributed by atoms with Gasteiger partial charge in [0.25, 0.3) is 0 Å². The number of piperidine rings is 1. The highest BCUT2D eigenvalue weighted by Gasteiger charge is 2.31. The molecule has 2 fully saturated rings. The van der Waals surface area contributed by atoms with Crippen molar-refractivity contribution >= 4 is 29.1 Å². The van der Waals surface area contributed by atoms with Gasteiger partial charge in [-0.25, -0.2) is 0 Å². The molecule has 0 unspecified atom stereocenters. The molecule has 2 aromatic carbocycles. The van der Waals surface area contributed by atoms with Crippen molar-refractivity contribution in [2.24, 2.45) is 5.92 Å². The van der Waals surface area contributed by atoms with Crippen molar-refractivity contribution in [2.45, 2.75) is 25.9 Å². The maximum absolute atomic E-state index is 13.2. The van der Waals surface area contributed by atoms with E-state index in [1.165, 1.54) is 5.56 Å². The molecular formula is C24H29Cl2N3O. The molecule has 0 aliphatic carbocycles. The largest absolute Gasteiger partial charge is 0.340 e. The molecule has 1 atom stereocenters. The van der Waals surface area contributed by atoms with Crippen LogP contribution in [0.15, 0.2) is 48.5 Å². The number of amides is 1. The van der Waals surface area contributed by atoms with Crippen molar-refractivity contribution in [1.82, 2.24) is 14.7 Å². The Labute approximate surface area is 189 Å². The van der Waals surface area contributed by atoms with Gasteiger partial charge in [-0.05, 0) is 37.1 Å². The van der Waals surface area contributed by atoms with Crippen LogP contribution in [0.25, 0.3) is 0 Å². The Bertz CT molecular complexity index is 833. The molecule has 2 saturated heterocycles. The van der Waals surface area contributed by atoms with Gasteiger partial charge in [0.05, 0.1) is 5.92 Å². The summed E-state index contributed by atoms with van der Waals surface area (Å²) < 4.78 is 0. The number of halogens is 2. The maximum atomic E-state index is 13.2. The number of hydrogen-bond acceptors (Lipinski definition) is 3. The lowest BCUT2D eigenvalue weighted by molar-refractivity contribution is -0.139. The average molecular weight is 446 g/mol. The summed E-state index contributed by atoms with van der Waals surface area (Å²) in [5.74, 6) is 0.380. The number of rotatable bonds is 5. The van der Waals surface area contributed by atoms with Crippen molar-refractivity contribution in [1.29, 1.82) is 0 Å². The minimum absolute atomic E-state index is 0.0701. The lowest BCUT2D eigenvalue weighted by Gasteiger charge is -2.39. The third-order valence-corrected chi connectivity index (χ3v) is 6.94. The zero-order valence-corrected chi connectivity index (χ0v) is 18.8. The Morgan fingerprint density at radius 3 is 2.23 bits per heavy atom. The molecule has 2 aromatic rings. The molecule has 6 heteroatoms. The topological polar surface area (TPSA) is 26.8 Å². The van der Waals surface area contributed by atoms with Crippen LogP contribution in [0, 0.1) is 5.92 Å². The zero-order valence-electron chi connectivity index (χ0n) is 17.3. The van der Waals surface area contributed by atoms with Crippen LogP contribution in [0.1, 0.15) is 24.0 Å². The van der Waals surface area contributed by atoms with Gasteiger partial charge < -0.3 is 4.90 Å². The summed E-state index contributed by atoms with van der Waals surface area (Å²) in [5, 5.41) is 1.40. The van der Waals surface area contributed by atoms with Crippen LogP contribution in [0.4, 0.5) is 0 Å². The zero-order chi connectivity index (χ0) is 20.9. The Morgan fingerprint density at radius 1 is 0.833 bits per heavy atom. The van der Waals surface area contributed by atoms with Gasteiger partial charge in [-0.2, -0.15) is 0 Å². The van der Waals surface area contributed by atoms with Gasteiger partial charge in [-0.1, -0.05) is 59.6 Å². The molecule has 0 N–H and O–H groups in total. The first-order valence-electron chi connectivity index (χ1n) is 10.8. The monoisotopic (exact) mass is 445 g/mol. The van der Waals surface area contributed by atoms with Gasteiger partial charge in [-0.15, -0.1) is 0 Å². The molecule has 4 nitrogen and oxygen atoms in total. The average Bonchev–Trinajstić information content (AvgIpc) is 2.77. The molecule has 160 valence electrons. The van der Waals surface area contributed by atoms with Gasteiger partial charge >= 0.3 is 0 Å². The standard InChI is InChI=1S/C24H29Cl2N3O/c25-22-9-4-10-23(26)21(22)18-28-11-5-8-20(17-28)24(30)29-14-12-27(13-15-29)16-19-6-2-1-3-7-19/h1-4,6-7,9-10,20H,5,8,11-18H2/t20-/m0/s1. The second kappa shape index (κ2) is 10.1. The van der Waals surface area contributed by atoms with Crippen LogP contribution < -0.4 is 0 Å². The van der Waals surface area contributed by atoms with E-state index >= 15 is 0 Å². The summed E-state index contributed by atoms with van der Waals surface area (Å²) in [6, 6.07) is 16.2. The predicted molar refractivity (Wildman–Crippen MR) is 123 cm³/mol. The fraction of sp³-hybridized carbons (Fsp3) is 0.458. The summed E-state index contributed by atoms with van der Waals surface area (Å²) >= 11 is 12.7. The minimum Gasteiger partial charge on any atom is -0.340 e. The highest BCUT2D eigenvalue weighted by molar-refractivity contribution is 6.35. The first-order valence-corrected chi connectivity index (χ1v) is 11.6. The second-order valence-electron chi connectivity index (χ2n) is 8.36. The maximum Gasteiger partial charge on any atom is 0.227 e. The Morgan fingerprint density at radius 2 is 1.53 bits per heavy atom. The number of likely N-dealkylation sites (tertiary alicyclic amines) is 1. The van der Waals surface area contributed by atoms with Crippen LogP contribution in [0.2, 0.25) is 10.0 Å². The van der Waals surface area contributed by atoms with Crippen LogP contribution in [-0.2, 0) is 17.9 Å². The summed E-state index contributed by atoms with van der Waals surface area (Å²) in [5.41, 5.74) is 2.29. The molecule has 0 bridgehead atoms. The molecule has 0 saturated carbocycles. The van der Waals surface area contributed by atoms with E-state index in [0.29, 0.717) is 22.5 Å². The molecule has 0 aromatic heterocycles. The molecular weight excluding hydrogens is 417 g/mol. The van der Waals surface area contributed by atoms with Crippen LogP contribution in [0.5, 0.6) is 0 Å². The Kier molecular flexibility index (Phi) is 7.32. The second-order valence-corrected chi connectivity index (χ2v) is 9.18. The fourth-order valence-electron chi connectivity index (χ4n) is 4.53. The van der Waals surface area contributed by atoms with E-state index in [1.807, 2.05) is 24.3 Å². The summed E-state index contributed by atoms with van der Waals surface area (Å²) in [4.78, 5) is 20.0.